The van der Waals surface area contributed by atoms with Crippen LogP contribution < -0.4 is 5.73 Å². The number of nitrogens with zero attached hydrogens (tertiary/aromatic N) is 2. The number of aromatic hydroxyl groups is 1. The Morgan fingerprint density at radius 3 is 3.00 bits per heavy atom. The molecule has 2 heterocycles. The molecule has 0 spiro atoms. The van der Waals surface area contributed by atoms with Gasteiger partial charge in [-0.15, -0.1) is 0 Å². The molecular weight excluding hydrogens is 254 g/mol. The summed E-state index contributed by atoms with van der Waals surface area (Å²) in [4.78, 5) is 18.0. The van der Waals surface area contributed by atoms with E-state index >= 15 is 0 Å². The Bertz CT molecular complexity index is 670. The largest absolute Gasteiger partial charge is 0.506 e. The second-order valence-electron chi connectivity index (χ2n) is 4.89. The summed E-state index contributed by atoms with van der Waals surface area (Å²) >= 11 is 0. The van der Waals surface area contributed by atoms with Crippen molar-refractivity contribution in [2.45, 2.75) is 13.0 Å². The molecule has 5 heteroatoms. The number of nitrogen functional groups attached to an aromatic ring is 1. The number of pyridine rings is 1. The van der Waals surface area contributed by atoms with Crippen LogP contribution >= 0.6 is 0 Å². The molecule has 0 atom stereocenters. The van der Waals surface area contributed by atoms with Crippen LogP contribution in [0, 0.1) is 0 Å². The molecule has 1 aliphatic rings. The maximum atomic E-state index is 12.4. The van der Waals surface area contributed by atoms with Gasteiger partial charge in [0, 0.05) is 25.0 Å². The predicted octanol–water partition coefficient (Wildman–Crippen LogP) is 1.57. The molecule has 3 rings (SSSR count). The zero-order valence-corrected chi connectivity index (χ0v) is 10.9. The number of anilines is 1. The van der Waals surface area contributed by atoms with Crippen LogP contribution in [0.3, 0.4) is 0 Å². The average molecular weight is 269 g/mol. The van der Waals surface area contributed by atoms with Crippen LogP contribution in [0.5, 0.6) is 5.75 Å². The second kappa shape index (κ2) is 4.85. The van der Waals surface area contributed by atoms with E-state index in [2.05, 4.69) is 4.98 Å². The molecule has 1 aromatic carbocycles. The maximum Gasteiger partial charge on any atom is 0.255 e. The van der Waals surface area contributed by atoms with Crippen LogP contribution in [0.2, 0.25) is 0 Å². The van der Waals surface area contributed by atoms with Gasteiger partial charge in [-0.05, 0) is 29.7 Å². The minimum absolute atomic E-state index is 0.00231. The van der Waals surface area contributed by atoms with Gasteiger partial charge in [-0.25, -0.2) is 0 Å². The lowest BCUT2D eigenvalue weighted by Crippen LogP contribution is -2.36. The first-order valence-electron chi connectivity index (χ1n) is 6.44. The Hall–Kier alpha value is -2.56. The summed E-state index contributed by atoms with van der Waals surface area (Å²) in [6.07, 6.45) is 3.53. The van der Waals surface area contributed by atoms with E-state index in [9.17, 15) is 9.90 Å². The molecule has 0 fully saturated rings. The molecule has 2 aromatic rings. The van der Waals surface area contributed by atoms with Crippen LogP contribution in [0.15, 0.2) is 36.7 Å². The number of hydrogen-bond acceptors (Lipinski definition) is 4. The van der Waals surface area contributed by atoms with E-state index in [4.69, 9.17) is 5.73 Å². The number of benzene rings is 1. The second-order valence-corrected chi connectivity index (χ2v) is 4.89. The van der Waals surface area contributed by atoms with Crippen molar-refractivity contribution in [1.82, 2.24) is 9.88 Å². The molecule has 3 N–H and O–H groups in total. The fraction of sp³-hybridized carbons (Fsp3) is 0.200. The third-order valence-corrected chi connectivity index (χ3v) is 3.56. The van der Waals surface area contributed by atoms with Crippen molar-refractivity contribution in [2.24, 2.45) is 0 Å². The number of amides is 1. The minimum Gasteiger partial charge on any atom is -0.506 e. The summed E-state index contributed by atoms with van der Waals surface area (Å²) in [6, 6.07) is 7.21. The first-order valence-corrected chi connectivity index (χ1v) is 6.44. The van der Waals surface area contributed by atoms with Gasteiger partial charge in [-0.1, -0.05) is 12.1 Å². The lowest BCUT2D eigenvalue weighted by atomic mass is 9.97. The zero-order chi connectivity index (χ0) is 14.1. The molecule has 20 heavy (non-hydrogen) atoms. The molecule has 0 saturated heterocycles. The van der Waals surface area contributed by atoms with Crippen molar-refractivity contribution in [2.75, 3.05) is 12.3 Å². The first-order chi connectivity index (χ1) is 9.65. The van der Waals surface area contributed by atoms with Crippen LogP contribution in [0.4, 0.5) is 5.69 Å². The lowest BCUT2D eigenvalue weighted by Gasteiger charge is -2.29. The third-order valence-electron chi connectivity index (χ3n) is 3.56. The van der Waals surface area contributed by atoms with E-state index in [1.165, 1.54) is 18.5 Å². The summed E-state index contributed by atoms with van der Waals surface area (Å²) in [5, 5.41) is 9.40. The van der Waals surface area contributed by atoms with Gasteiger partial charge in [0.1, 0.15) is 5.75 Å². The molecule has 102 valence electrons. The Labute approximate surface area is 116 Å². The Kier molecular flexibility index (Phi) is 3.02. The highest BCUT2D eigenvalue weighted by atomic mass is 16.3. The molecule has 1 amide bonds. The number of rotatable bonds is 1. The normalized spacial score (nSPS) is 13.9. The molecular formula is C15H15N3O2. The SMILES string of the molecule is Nc1cccc2c1CCN(C(=O)c1cncc(O)c1)C2. The van der Waals surface area contributed by atoms with Gasteiger partial charge in [0.2, 0.25) is 0 Å². The van der Waals surface area contributed by atoms with Crippen molar-refractivity contribution < 1.29 is 9.90 Å². The Morgan fingerprint density at radius 2 is 2.20 bits per heavy atom. The lowest BCUT2D eigenvalue weighted by molar-refractivity contribution is 0.0734. The molecule has 0 unspecified atom stereocenters. The fourth-order valence-corrected chi connectivity index (χ4v) is 2.54. The topological polar surface area (TPSA) is 79.5 Å². The number of fused-ring (bicyclic) bond motifs is 1. The quantitative estimate of drug-likeness (QED) is 0.770. The van der Waals surface area contributed by atoms with Gasteiger partial charge in [0.25, 0.3) is 5.91 Å². The van der Waals surface area contributed by atoms with E-state index < -0.39 is 0 Å². The average Bonchev–Trinajstić information content (AvgIpc) is 2.46. The highest BCUT2D eigenvalue weighted by molar-refractivity contribution is 5.94. The van der Waals surface area contributed by atoms with Gasteiger partial charge >= 0.3 is 0 Å². The first kappa shape index (κ1) is 12.5. The summed E-state index contributed by atoms with van der Waals surface area (Å²) in [5.74, 6) is -0.126. The van der Waals surface area contributed by atoms with Gasteiger partial charge in [-0.2, -0.15) is 0 Å². The van der Waals surface area contributed by atoms with E-state index in [-0.39, 0.29) is 11.7 Å². The molecule has 1 aromatic heterocycles. The van der Waals surface area contributed by atoms with Crippen LogP contribution in [-0.4, -0.2) is 27.4 Å². The van der Waals surface area contributed by atoms with Gasteiger partial charge in [0.05, 0.1) is 11.8 Å². The van der Waals surface area contributed by atoms with E-state index in [0.29, 0.717) is 18.7 Å². The van der Waals surface area contributed by atoms with Gasteiger partial charge in [0.15, 0.2) is 0 Å². The summed E-state index contributed by atoms with van der Waals surface area (Å²) in [7, 11) is 0. The van der Waals surface area contributed by atoms with Gasteiger partial charge < -0.3 is 15.7 Å². The van der Waals surface area contributed by atoms with Crippen molar-refractivity contribution in [3.05, 3.63) is 53.3 Å². The summed E-state index contributed by atoms with van der Waals surface area (Å²) in [6.45, 7) is 1.16. The third kappa shape index (κ3) is 2.18. The highest BCUT2D eigenvalue weighted by Crippen LogP contribution is 2.25. The number of aromatic nitrogens is 1. The predicted molar refractivity (Wildman–Crippen MR) is 75.2 cm³/mol. The van der Waals surface area contributed by atoms with Crippen molar-refractivity contribution in [3.63, 3.8) is 0 Å². The molecule has 0 aliphatic carbocycles. The standard InChI is InChI=1S/C15H15N3O2/c16-14-3-1-2-10-9-18(5-4-13(10)14)15(20)11-6-12(19)8-17-7-11/h1-3,6-8,19H,4-5,9,16H2. The molecule has 0 radical (unpaired) electrons. The van der Waals surface area contributed by atoms with E-state index in [1.54, 1.807) is 4.90 Å². The van der Waals surface area contributed by atoms with E-state index in [1.807, 2.05) is 18.2 Å². The molecule has 0 saturated carbocycles. The van der Waals surface area contributed by atoms with Crippen LogP contribution in [0.1, 0.15) is 21.5 Å². The number of carbonyl (C=O) groups excluding carboxylic acids is 1. The van der Waals surface area contributed by atoms with Crippen LogP contribution in [0.25, 0.3) is 0 Å². The highest BCUT2D eigenvalue weighted by Gasteiger charge is 2.23. The summed E-state index contributed by atoms with van der Waals surface area (Å²) in [5.41, 5.74) is 9.34. The maximum absolute atomic E-state index is 12.4. The fourth-order valence-electron chi connectivity index (χ4n) is 2.54. The smallest absolute Gasteiger partial charge is 0.255 e. The monoisotopic (exact) mass is 269 g/mol. The minimum atomic E-state index is -0.124. The Balaban J connectivity index is 1.85. The van der Waals surface area contributed by atoms with Crippen molar-refractivity contribution >= 4 is 11.6 Å². The van der Waals surface area contributed by atoms with Crippen LogP contribution in [-0.2, 0) is 13.0 Å². The summed E-state index contributed by atoms with van der Waals surface area (Å²) < 4.78 is 0. The van der Waals surface area contributed by atoms with Crippen molar-refractivity contribution in [1.29, 1.82) is 0 Å². The Morgan fingerprint density at radius 1 is 1.35 bits per heavy atom. The molecule has 0 bridgehead atoms. The number of carbonyl (C=O) groups is 1. The zero-order valence-electron chi connectivity index (χ0n) is 10.9. The molecule has 1 aliphatic heterocycles. The van der Waals surface area contributed by atoms with Crippen molar-refractivity contribution in [3.8, 4) is 5.75 Å². The van der Waals surface area contributed by atoms with E-state index in [0.717, 1.165) is 23.2 Å². The van der Waals surface area contributed by atoms with Gasteiger partial charge in [-0.3, -0.25) is 9.78 Å². The number of hydrogen-bond donors (Lipinski definition) is 2. The molecule has 5 nitrogen and oxygen atoms in total. The number of nitrogens with two attached hydrogens (primary N) is 1.